The van der Waals surface area contributed by atoms with Crippen LogP contribution in [-0.4, -0.2) is 15.5 Å². The number of nitrogens with zero attached hydrogens (tertiary/aromatic N) is 1. The van der Waals surface area contributed by atoms with Gasteiger partial charge in [-0.3, -0.25) is 0 Å². The van der Waals surface area contributed by atoms with E-state index in [0.717, 1.165) is 5.92 Å². The molecule has 0 aromatic heterocycles. The molecule has 0 radical (unpaired) electrons. The zero-order valence-electron chi connectivity index (χ0n) is 17.1. The quantitative estimate of drug-likeness (QED) is 0.417. The molecule has 5 saturated carbocycles. The summed E-state index contributed by atoms with van der Waals surface area (Å²) in [5.74, 6) is 0.850. The second-order valence-electron chi connectivity index (χ2n) is 11.2. The van der Waals surface area contributed by atoms with Crippen LogP contribution in [0.1, 0.15) is 104 Å². The Hall–Kier alpha value is -0.0200. The molecule has 146 valence electrons. The summed E-state index contributed by atoms with van der Waals surface area (Å²) in [6.45, 7) is 6.17. The molecule has 0 bridgehead atoms. The van der Waals surface area contributed by atoms with Gasteiger partial charge in [0.2, 0.25) is 0 Å². The standard InChI is InChI=1S/C23H37NOS/c1-19(2,3)26(25)24-17-20-12-9-10-16-23(20)21(13-6-4-7-14-21)22(23)15-8-5-11-18(20)22/h17-18H,4-16H2,1-3H3. The normalized spacial score (nSPS) is 47.6. The summed E-state index contributed by atoms with van der Waals surface area (Å²) in [5, 5.41) is 0. The highest BCUT2D eigenvalue weighted by atomic mass is 32.2. The van der Waals surface area contributed by atoms with Crippen molar-refractivity contribution < 1.29 is 4.55 Å². The Morgan fingerprint density at radius 3 is 2.27 bits per heavy atom. The summed E-state index contributed by atoms with van der Waals surface area (Å²) in [6, 6.07) is 0. The Labute approximate surface area is 163 Å². The first-order chi connectivity index (χ1) is 12.4. The molecule has 3 spiro atoms. The van der Waals surface area contributed by atoms with Gasteiger partial charge in [-0.25, -0.2) is 0 Å². The van der Waals surface area contributed by atoms with Crippen molar-refractivity contribution in [2.24, 2.45) is 32.0 Å². The minimum Gasteiger partial charge on any atom is -0.591 e. The zero-order chi connectivity index (χ0) is 18.3. The lowest BCUT2D eigenvalue weighted by Gasteiger charge is -2.63. The monoisotopic (exact) mass is 375 g/mol. The molecule has 5 aliphatic carbocycles. The van der Waals surface area contributed by atoms with Crippen molar-refractivity contribution in [3.63, 3.8) is 0 Å². The zero-order valence-corrected chi connectivity index (χ0v) is 17.9. The Balaban J connectivity index is 1.57. The van der Waals surface area contributed by atoms with Gasteiger partial charge in [0.15, 0.2) is 0 Å². The summed E-state index contributed by atoms with van der Waals surface area (Å²) in [5.41, 5.74) is 2.14. The lowest BCUT2D eigenvalue weighted by atomic mass is 9.40. The summed E-state index contributed by atoms with van der Waals surface area (Å²) in [6.07, 6.45) is 21.0. The van der Waals surface area contributed by atoms with Crippen molar-refractivity contribution >= 4 is 17.6 Å². The molecular weight excluding hydrogens is 338 g/mol. The minimum absolute atomic E-state index is 0.242. The molecule has 5 fully saturated rings. The summed E-state index contributed by atoms with van der Waals surface area (Å²) < 4.78 is 17.3. The third-order valence-corrected chi connectivity index (χ3v) is 11.0. The van der Waals surface area contributed by atoms with Gasteiger partial charge in [-0.05, 0) is 81.5 Å². The van der Waals surface area contributed by atoms with Gasteiger partial charge in [0, 0.05) is 5.41 Å². The number of hydrogen-bond donors (Lipinski definition) is 0. The average molecular weight is 376 g/mol. The lowest BCUT2D eigenvalue weighted by molar-refractivity contribution is -0.118. The van der Waals surface area contributed by atoms with Crippen LogP contribution < -0.4 is 0 Å². The predicted molar refractivity (Wildman–Crippen MR) is 110 cm³/mol. The fourth-order valence-electron chi connectivity index (χ4n) is 9.40. The van der Waals surface area contributed by atoms with Gasteiger partial charge in [0.1, 0.15) is 16.1 Å². The van der Waals surface area contributed by atoms with E-state index >= 15 is 0 Å². The maximum atomic E-state index is 12.7. The molecule has 5 rings (SSSR count). The van der Waals surface area contributed by atoms with Crippen molar-refractivity contribution in [1.29, 1.82) is 0 Å². The highest BCUT2D eigenvalue weighted by Gasteiger charge is 3.00. The van der Waals surface area contributed by atoms with Gasteiger partial charge in [0.05, 0.1) is 6.21 Å². The molecule has 0 aromatic carbocycles. The summed E-state index contributed by atoms with van der Waals surface area (Å²) >= 11 is -1.11. The largest absolute Gasteiger partial charge is 0.591 e. The minimum atomic E-state index is -1.11. The van der Waals surface area contributed by atoms with Crippen molar-refractivity contribution in [1.82, 2.24) is 0 Å². The van der Waals surface area contributed by atoms with Crippen LogP contribution in [0.5, 0.6) is 0 Å². The van der Waals surface area contributed by atoms with E-state index in [2.05, 4.69) is 27.0 Å². The van der Waals surface area contributed by atoms with Crippen LogP contribution in [0.25, 0.3) is 0 Å². The van der Waals surface area contributed by atoms with Crippen molar-refractivity contribution in [3.8, 4) is 0 Å². The summed E-state index contributed by atoms with van der Waals surface area (Å²) in [7, 11) is 0. The Bertz CT molecular complexity index is 604. The van der Waals surface area contributed by atoms with Crippen LogP contribution in [0.3, 0.4) is 0 Å². The number of hydrogen-bond acceptors (Lipinski definition) is 2. The second kappa shape index (κ2) is 5.53. The Morgan fingerprint density at radius 1 is 0.885 bits per heavy atom. The molecule has 3 heteroatoms. The van der Waals surface area contributed by atoms with Crippen molar-refractivity contribution in [2.75, 3.05) is 0 Å². The maximum Gasteiger partial charge on any atom is 0.144 e. The number of rotatable bonds is 2. The molecule has 5 unspecified atom stereocenters. The molecule has 0 aromatic rings. The van der Waals surface area contributed by atoms with E-state index in [4.69, 9.17) is 4.40 Å². The number of fused-ring (bicyclic) bond motifs is 1. The topological polar surface area (TPSA) is 35.4 Å². The highest BCUT2D eigenvalue weighted by molar-refractivity contribution is 7.91. The van der Waals surface area contributed by atoms with E-state index in [1.54, 1.807) is 0 Å². The van der Waals surface area contributed by atoms with Crippen LogP contribution in [0, 0.1) is 27.6 Å². The molecule has 0 saturated heterocycles. The molecule has 0 amide bonds. The van der Waals surface area contributed by atoms with Crippen LogP contribution in [0.4, 0.5) is 0 Å². The fraction of sp³-hybridized carbons (Fsp3) is 0.957. The van der Waals surface area contributed by atoms with Gasteiger partial charge in [-0.1, -0.05) is 49.3 Å². The maximum absolute atomic E-state index is 12.7. The Kier molecular flexibility index (Phi) is 3.83. The molecule has 0 heterocycles. The molecule has 0 aliphatic heterocycles. The first-order valence-electron chi connectivity index (χ1n) is 11.4. The van der Waals surface area contributed by atoms with E-state index in [1.807, 2.05) is 0 Å². The third-order valence-electron chi connectivity index (χ3n) is 9.70. The molecule has 2 nitrogen and oxygen atoms in total. The SMILES string of the molecule is CC(C)(C)[S+]([O-])N=CC12CCCCC13C1(CCCCC1)C31CCCCC21. The van der Waals surface area contributed by atoms with E-state index in [-0.39, 0.29) is 4.75 Å². The molecular formula is C23H37NOS. The van der Waals surface area contributed by atoms with Gasteiger partial charge in [-0.15, -0.1) is 0 Å². The smallest absolute Gasteiger partial charge is 0.144 e. The first kappa shape index (κ1) is 18.0. The van der Waals surface area contributed by atoms with E-state index < -0.39 is 11.4 Å². The van der Waals surface area contributed by atoms with Crippen LogP contribution in [0.2, 0.25) is 0 Å². The predicted octanol–water partition coefficient (Wildman–Crippen LogP) is 6.22. The molecule has 26 heavy (non-hydrogen) atoms. The van der Waals surface area contributed by atoms with Crippen LogP contribution in [0.15, 0.2) is 4.40 Å². The van der Waals surface area contributed by atoms with Crippen molar-refractivity contribution in [3.05, 3.63) is 0 Å². The first-order valence-corrected chi connectivity index (χ1v) is 12.5. The highest BCUT2D eigenvalue weighted by Crippen LogP contribution is 3.04. The average Bonchev–Trinajstić information content (AvgIpc) is 2.99. The van der Waals surface area contributed by atoms with Gasteiger partial charge >= 0.3 is 0 Å². The van der Waals surface area contributed by atoms with E-state index in [0.29, 0.717) is 21.7 Å². The van der Waals surface area contributed by atoms with Crippen LogP contribution in [-0.2, 0) is 11.4 Å². The second-order valence-corrected chi connectivity index (χ2v) is 13.1. The van der Waals surface area contributed by atoms with Crippen molar-refractivity contribution in [2.45, 2.75) is 109 Å². The van der Waals surface area contributed by atoms with Gasteiger partial charge in [-0.2, -0.15) is 0 Å². The summed E-state index contributed by atoms with van der Waals surface area (Å²) in [4.78, 5) is 0. The Morgan fingerprint density at radius 2 is 1.54 bits per heavy atom. The van der Waals surface area contributed by atoms with E-state index in [9.17, 15) is 4.55 Å². The van der Waals surface area contributed by atoms with Crippen LogP contribution >= 0.6 is 0 Å². The van der Waals surface area contributed by atoms with Gasteiger partial charge in [0.25, 0.3) is 0 Å². The fourth-order valence-corrected chi connectivity index (χ4v) is 10.00. The van der Waals surface area contributed by atoms with Gasteiger partial charge < -0.3 is 4.55 Å². The molecule has 5 aliphatic rings. The van der Waals surface area contributed by atoms with E-state index in [1.165, 1.54) is 83.5 Å². The lowest BCUT2D eigenvalue weighted by Crippen LogP contribution is -2.60. The third kappa shape index (κ3) is 1.75. The molecule has 5 atom stereocenters. The molecule has 0 N–H and O–H groups in total.